The number of nitrogens with one attached hydrogen (secondary N) is 2. The van der Waals surface area contributed by atoms with Crippen LogP contribution in [0.15, 0.2) is 34.3 Å². The van der Waals surface area contributed by atoms with Gasteiger partial charge in [0.2, 0.25) is 0 Å². The van der Waals surface area contributed by atoms with E-state index in [1.807, 2.05) is 50.2 Å². The average molecular weight is 761 g/mol. The molecule has 0 amide bonds. The van der Waals surface area contributed by atoms with Crippen molar-refractivity contribution < 1.29 is 20.1 Å². The van der Waals surface area contributed by atoms with E-state index in [-0.39, 0.29) is 65.8 Å². The molecule has 2 spiro atoms. The van der Waals surface area contributed by atoms with Gasteiger partial charge in [0.1, 0.15) is 0 Å². The zero-order valence-corrected chi connectivity index (χ0v) is 32.9. The van der Waals surface area contributed by atoms with Crippen molar-refractivity contribution in [3.63, 3.8) is 0 Å². The Kier molecular flexibility index (Phi) is 11.6. The van der Waals surface area contributed by atoms with Crippen LogP contribution >= 0.6 is 43.2 Å². The summed E-state index contributed by atoms with van der Waals surface area (Å²) in [7, 11) is 9.70. The number of Topliss-reactive ketones (excluding diaryl/α,β-unsaturated/α-hetero) is 1. The minimum absolute atomic E-state index is 0.00708. The first kappa shape index (κ1) is 37.5. The summed E-state index contributed by atoms with van der Waals surface area (Å²) in [5, 5.41) is 38.6. The van der Waals surface area contributed by atoms with Crippen LogP contribution in [0.2, 0.25) is 0 Å². The fourth-order valence-electron chi connectivity index (χ4n) is 11.5. The topological polar surface area (TPSA) is 140 Å². The van der Waals surface area contributed by atoms with Crippen LogP contribution in [0, 0.1) is 46.3 Å². The van der Waals surface area contributed by atoms with Crippen molar-refractivity contribution >= 4 is 54.9 Å². The largest absolute Gasteiger partial charge is 0.396 e. The number of hydrogen-bond donors (Lipinski definition) is 6. The van der Waals surface area contributed by atoms with Crippen LogP contribution < -0.4 is 16.4 Å². The SMILES string of the molecule is CNCc1ccc(CO)c(CC2CN=C(N)NC23CCC2CSSCC(CCO)C4C(CO)CC5CC6=C2C(=O)CC64C5(C)CCSSC3)c1. The summed E-state index contributed by atoms with van der Waals surface area (Å²) in [5.41, 5.74) is 11.9. The molecular weight excluding hydrogens is 705 g/mol. The number of allylic oxidation sites excluding steroid dienone is 2. The van der Waals surface area contributed by atoms with E-state index < -0.39 is 0 Å². The predicted octanol–water partition coefficient (Wildman–Crippen LogP) is 5.20. The molecule has 0 radical (unpaired) electrons. The van der Waals surface area contributed by atoms with Gasteiger partial charge in [-0.3, -0.25) is 9.79 Å². The Morgan fingerprint density at radius 2 is 1.92 bits per heavy atom. The number of hydrogen-bond acceptors (Lipinski definition) is 12. The van der Waals surface area contributed by atoms with Crippen LogP contribution in [0.3, 0.4) is 0 Å². The van der Waals surface area contributed by atoms with E-state index in [1.54, 1.807) is 0 Å². The molecule has 8 nitrogen and oxygen atoms in total. The molecule has 6 bridgehead atoms. The Hall–Kier alpha value is -0.860. The highest BCUT2D eigenvalue weighted by Gasteiger charge is 2.71. The van der Waals surface area contributed by atoms with Crippen molar-refractivity contribution in [3.8, 4) is 0 Å². The van der Waals surface area contributed by atoms with Gasteiger partial charge in [0.05, 0.1) is 12.1 Å². The van der Waals surface area contributed by atoms with Crippen molar-refractivity contribution in [2.75, 3.05) is 49.8 Å². The summed E-state index contributed by atoms with van der Waals surface area (Å²) in [6, 6.07) is 6.40. The highest BCUT2D eigenvalue weighted by Crippen LogP contribution is 2.76. The molecule has 9 unspecified atom stereocenters. The molecule has 12 heteroatoms. The smallest absolute Gasteiger partial charge is 0.189 e. The van der Waals surface area contributed by atoms with Gasteiger partial charge in [-0.05, 0) is 109 Å². The number of carbonyl (C=O) groups excluding carboxylic acids is 1. The number of guanidine groups is 1. The lowest BCUT2D eigenvalue weighted by atomic mass is 9.46. The van der Waals surface area contributed by atoms with Crippen LogP contribution in [0.5, 0.6) is 0 Å². The number of carbonyl (C=O) groups is 1. The molecule has 1 aromatic carbocycles. The van der Waals surface area contributed by atoms with Crippen LogP contribution in [0.4, 0.5) is 0 Å². The lowest BCUT2D eigenvalue weighted by Gasteiger charge is -2.58. The Balaban J connectivity index is 1.30. The van der Waals surface area contributed by atoms with E-state index in [4.69, 9.17) is 10.7 Å². The number of aliphatic imine (C=N–C) groups is 1. The van der Waals surface area contributed by atoms with E-state index in [2.05, 4.69) is 35.8 Å². The van der Waals surface area contributed by atoms with E-state index in [0.29, 0.717) is 30.6 Å². The zero-order chi connectivity index (χ0) is 35.1. The lowest BCUT2D eigenvalue weighted by molar-refractivity contribution is -0.129. The molecule has 2 saturated carbocycles. The third-order valence-corrected chi connectivity index (χ3v) is 19.0. The first-order valence-electron chi connectivity index (χ1n) is 18.6. The molecule has 0 aromatic heterocycles. The highest BCUT2D eigenvalue weighted by molar-refractivity contribution is 8.77. The van der Waals surface area contributed by atoms with Gasteiger partial charge in [0.15, 0.2) is 11.7 Å². The number of nitrogens with two attached hydrogens (primary N) is 1. The van der Waals surface area contributed by atoms with Crippen molar-refractivity contribution in [2.24, 2.45) is 57.1 Å². The summed E-state index contributed by atoms with van der Waals surface area (Å²) in [4.78, 5) is 19.4. The lowest BCUT2D eigenvalue weighted by Crippen LogP contribution is -2.62. The summed E-state index contributed by atoms with van der Waals surface area (Å²) in [5.74, 6) is 6.07. The third-order valence-electron chi connectivity index (χ3n) is 13.9. The van der Waals surface area contributed by atoms with Gasteiger partial charge in [-0.1, -0.05) is 73.9 Å². The molecule has 3 aliphatic heterocycles. The summed E-state index contributed by atoms with van der Waals surface area (Å²) < 4.78 is 0. The van der Waals surface area contributed by atoms with Crippen molar-refractivity contribution in [2.45, 2.75) is 77.0 Å². The number of aliphatic hydroxyl groups excluding tert-OH is 3. The second kappa shape index (κ2) is 15.5. The molecular formula is C38H56N4O4S4. The minimum Gasteiger partial charge on any atom is -0.396 e. The molecule has 7 N–H and O–H groups in total. The molecule has 2 fully saturated rings. The fourth-order valence-corrected chi connectivity index (χ4v) is 17.2. The van der Waals surface area contributed by atoms with Crippen LogP contribution in [0.25, 0.3) is 0 Å². The van der Waals surface area contributed by atoms with Crippen LogP contribution in [-0.4, -0.2) is 82.4 Å². The van der Waals surface area contributed by atoms with Gasteiger partial charge < -0.3 is 31.7 Å². The second-order valence-electron chi connectivity index (χ2n) is 16.1. The fraction of sp³-hybridized carbons (Fsp3) is 0.737. The molecule has 276 valence electrons. The standard InChI is InChI=1S/C38H56N4O4S4/c1-36-8-10-47-50-22-37(30(17-41-35(39)42-37)12-27-11-23(16-40-2)3-4-24(27)18-44)7-5-25-20-48-49-21-26(6-9-43)34-28(19-45)13-29(36)14-31-33(25)32(46)15-38(31,34)36/h3-4,11,25-26,28-30,34,40,43-45H,5-10,12-22H2,1-2H3,(H3,39,41,42). The Morgan fingerprint density at radius 3 is 2.70 bits per heavy atom. The van der Waals surface area contributed by atoms with Gasteiger partial charge in [-0.2, -0.15) is 0 Å². The number of benzene rings is 1. The summed E-state index contributed by atoms with van der Waals surface area (Å²) >= 11 is 0. The van der Waals surface area contributed by atoms with E-state index in [9.17, 15) is 20.1 Å². The summed E-state index contributed by atoms with van der Waals surface area (Å²) in [6.07, 6.45) is 6.95. The predicted molar refractivity (Wildman–Crippen MR) is 211 cm³/mol. The number of ketones is 1. The second-order valence-corrected chi connectivity index (χ2v) is 21.2. The first-order chi connectivity index (χ1) is 24.2. The number of nitrogens with zero attached hydrogens (tertiary/aromatic N) is 1. The van der Waals surface area contributed by atoms with Crippen LogP contribution in [-0.2, 0) is 24.4 Å². The quantitative estimate of drug-likeness (QED) is 0.195. The molecule has 3 aliphatic carbocycles. The van der Waals surface area contributed by atoms with E-state index in [0.717, 1.165) is 85.6 Å². The van der Waals surface area contributed by atoms with Gasteiger partial charge in [-0.15, -0.1) is 0 Å². The Bertz CT molecular complexity index is 1490. The monoisotopic (exact) mass is 760 g/mol. The average Bonchev–Trinajstić information content (AvgIpc) is 3.43. The number of aliphatic hydroxyl groups is 3. The first-order valence-corrected chi connectivity index (χ1v) is 23.6. The molecule has 3 heterocycles. The molecule has 50 heavy (non-hydrogen) atoms. The van der Waals surface area contributed by atoms with Gasteiger partial charge in [0.25, 0.3) is 0 Å². The zero-order valence-electron chi connectivity index (χ0n) is 29.6. The van der Waals surface area contributed by atoms with Crippen molar-refractivity contribution in [1.82, 2.24) is 10.6 Å². The van der Waals surface area contributed by atoms with Gasteiger partial charge in [-0.25, -0.2) is 0 Å². The maximum atomic E-state index is 14.7. The van der Waals surface area contributed by atoms with Crippen molar-refractivity contribution in [1.29, 1.82) is 0 Å². The molecule has 7 rings (SSSR count). The number of rotatable bonds is 8. The van der Waals surface area contributed by atoms with Crippen LogP contribution in [0.1, 0.15) is 68.6 Å². The Morgan fingerprint density at radius 1 is 1.08 bits per heavy atom. The maximum absolute atomic E-state index is 14.7. The Labute approximate surface area is 314 Å². The normalized spacial score (nSPS) is 38.8. The molecule has 9 atom stereocenters. The summed E-state index contributed by atoms with van der Waals surface area (Å²) in [6.45, 7) is 4.23. The highest BCUT2D eigenvalue weighted by atomic mass is 33.1. The van der Waals surface area contributed by atoms with Crippen molar-refractivity contribution in [3.05, 3.63) is 46.0 Å². The maximum Gasteiger partial charge on any atom is 0.189 e. The van der Waals surface area contributed by atoms with E-state index in [1.165, 1.54) is 16.7 Å². The third kappa shape index (κ3) is 6.41. The van der Waals surface area contributed by atoms with Gasteiger partial charge in [0, 0.05) is 67.1 Å². The molecule has 6 aliphatic rings. The minimum atomic E-state index is -0.309. The van der Waals surface area contributed by atoms with E-state index >= 15 is 0 Å². The molecule has 1 aromatic rings. The molecule has 0 saturated heterocycles. The van der Waals surface area contributed by atoms with Gasteiger partial charge >= 0.3 is 0 Å².